The summed E-state index contributed by atoms with van der Waals surface area (Å²) in [6.45, 7) is 9.52. The van der Waals surface area contributed by atoms with Gasteiger partial charge in [-0.2, -0.15) is 0 Å². The molecule has 2 unspecified atom stereocenters. The number of benzene rings is 1. The van der Waals surface area contributed by atoms with E-state index in [4.69, 9.17) is 0 Å². The van der Waals surface area contributed by atoms with Gasteiger partial charge in [-0.15, -0.1) is 11.3 Å². The number of hydrogen-bond donors (Lipinski definition) is 3. The molecule has 2 aromatic rings. The maximum Gasteiger partial charge on any atom is 0.191 e. The first kappa shape index (κ1) is 21.1. The summed E-state index contributed by atoms with van der Waals surface area (Å²) in [4.78, 5) is 7.89. The van der Waals surface area contributed by atoms with E-state index in [1.54, 1.807) is 18.4 Å². The van der Waals surface area contributed by atoms with Gasteiger partial charge in [-0.3, -0.25) is 4.99 Å². The predicted molar refractivity (Wildman–Crippen MR) is 120 cm³/mol. The van der Waals surface area contributed by atoms with Gasteiger partial charge in [0.15, 0.2) is 5.96 Å². The number of rotatable bonds is 7. The first-order valence-electron chi connectivity index (χ1n) is 10.4. The number of nitrogens with one attached hydrogen (secondary N) is 2. The second-order valence-electron chi connectivity index (χ2n) is 8.20. The number of fused-ring (bicyclic) bond motifs is 1. The molecule has 1 aromatic heterocycles. The molecule has 2 heterocycles. The Morgan fingerprint density at radius 2 is 2.14 bits per heavy atom. The molecule has 28 heavy (non-hydrogen) atoms. The summed E-state index contributed by atoms with van der Waals surface area (Å²) in [5.41, 5.74) is 0. The number of thiophene rings is 1. The Hall–Kier alpha value is -1.63. The topological polar surface area (TPSA) is 59.9 Å². The van der Waals surface area contributed by atoms with Crippen molar-refractivity contribution < 1.29 is 5.11 Å². The lowest BCUT2D eigenvalue weighted by molar-refractivity contribution is 0.159. The summed E-state index contributed by atoms with van der Waals surface area (Å²) in [6, 6.07) is 10.3. The number of piperidine rings is 1. The number of aliphatic hydroxyl groups is 1. The second kappa shape index (κ2) is 10.2. The Morgan fingerprint density at radius 1 is 1.32 bits per heavy atom. The largest absolute Gasteiger partial charge is 0.386 e. The van der Waals surface area contributed by atoms with Gasteiger partial charge >= 0.3 is 0 Å². The summed E-state index contributed by atoms with van der Waals surface area (Å²) in [5, 5.41) is 18.5. The molecule has 1 aromatic carbocycles. The Balaban J connectivity index is 1.45. The fourth-order valence-corrected chi connectivity index (χ4v) is 4.97. The lowest BCUT2D eigenvalue weighted by Crippen LogP contribution is -2.45. The molecule has 5 nitrogen and oxygen atoms in total. The summed E-state index contributed by atoms with van der Waals surface area (Å²) in [7, 11) is 1.78. The highest BCUT2D eigenvalue weighted by Crippen LogP contribution is 2.29. The van der Waals surface area contributed by atoms with Gasteiger partial charge < -0.3 is 20.6 Å². The molecule has 6 heteroatoms. The van der Waals surface area contributed by atoms with Crippen LogP contribution in [0.2, 0.25) is 0 Å². The van der Waals surface area contributed by atoms with Crippen LogP contribution in [-0.4, -0.2) is 55.7 Å². The van der Waals surface area contributed by atoms with Crippen LogP contribution in [0.4, 0.5) is 0 Å². The molecule has 1 aliphatic rings. The molecule has 3 N–H and O–H groups in total. The van der Waals surface area contributed by atoms with Crippen LogP contribution in [-0.2, 0) is 0 Å². The van der Waals surface area contributed by atoms with Gasteiger partial charge in [0.25, 0.3) is 0 Å². The van der Waals surface area contributed by atoms with Crippen LogP contribution in [0.3, 0.4) is 0 Å². The predicted octanol–water partition coefficient (Wildman–Crippen LogP) is 3.47. The second-order valence-corrected chi connectivity index (χ2v) is 9.31. The zero-order valence-electron chi connectivity index (χ0n) is 17.3. The fraction of sp³-hybridized carbons (Fsp3) is 0.591. The minimum atomic E-state index is -0.535. The molecule has 1 saturated heterocycles. The van der Waals surface area contributed by atoms with Crippen LogP contribution in [0.15, 0.2) is 35.3 Å². The molecule has 0 bridgehead atoms. The normalized spacial score (nSPS) is 19.9. The van der Waals surface area contributed by atoms with Crippen LogP contribution in [0.1, 0.15) is 37.7 Å². The van der Waals surface area contributed by atoms with Crippen molar-refractivity contribution in [1.82, 2.24) is 15.5 Å². The molecular formula is C22H34N4OS. The molecule has 0 radical (unpaired) electrons. The van der Waals surface area contributed by atoms with Crippen molar-refractivity contribution in [2.24, 2.45) is 16.8 Å². The molecule has 3 rings (SSSR count). The monoisotopic (exact) mass is 402 g/mol. The van der Waals surface area contributed by atoms with Crippen LogP contribution >= 0.6 is 11.3 Å². The van der Waals surface area contributed by atoms with E-state index in [2.05, 4.69) is 52.6 Å². The number of hydrogen-bond acceptors (Lipinski definition) is 4. The summed E-state index contributed by atoms with van der Waals surface area (Å²) >= 11 is 1.65. The average Bonchev–Trinajstić information content (AvgIpc) is 3.12. The van der Waals surface area contributed by atoms with E-state index >= 15 is 0 Å². The third-order valence-corrected chi connectivity index (χ3v) is 6.46. The van der Waals surface area contributed by atoms with Crippen molar-refractivity contribution >= 4 is 27.4 Å². The number of likely N-dealkylation sites (tertiary alicyclic amines) is 1. The first-order chi connectivity index (χ1) is 13.5. The molecule has 1 aliphatic heterocycles. The van der Waals surface area contributed by atoms with E-state index in [0.717, 1.165) is 29.8 Å². The molecule has 0 spiro atoms. The quantitative estimate of drug-likeness (QED) is 0.490. The van der Waals surface area contributed by atoms with Crippen molar-refractivity contribution in [2.75, 3.05) is 39.8 Å². The number of aliphatic hydroxyl groups excluding tert-OH is 1. The van der Waals surface area contributed by atoms with Crippen LogP contribution in [0.5, 0.6) is 0 Å². The molecular weight excluding hydrogens is 368 g/mol. The molecule has 0 amide bonds. The average molecular weight is 403 g/mol. The van der Waals surface area contributed by atoms with Gasteiger partial charge in [0, 0.05) is 42.8 Å². The van der Waals surface area contributed by atoms with Gasteiger partial charge in [-0.1, -0.05) is 32.0 Å². The minimum Gasteiger partial charge on any atom is -0.386 e. The SMILES string of the molecule is CN=C(NCC1CCCN(CC(C)C)C1)NCC(O)c1cc2ccccc2s1. The summed E-state index contributed by atoms with van der Waals surface area (Å²) < 4.78 is 1.21. The van der Waals surface area contributed by atoms with E-state index in [0.29, 0.717) is 12.5 Å². The molecule has 0 aliphatic carbocycles. The van der Waals surface area contributed by atoms with E-state index in [1.165, 1.54) is 36.0 Å². The highest BCUT2D eigenvalue weighted by molar-refractivity contribution is 7.19. The maximum atomic E-state index is 10.6. The van der Waals surface area contributed by atoms with Gasteiger partial charge in [0.1, 0.15) is 6.10 Å². The van der Waals surface area contributed by atoms with E-state index < -0.39 is 6.10 Å². The zero-order chi connectivity index (χ0) is 19.9. The van der Waals surface area contributed by atoms with Crippen molar-refractivity contribution in [2.45, 2.75) is 32.8 Å². The number of aliphatic imine (C=N–C) groups is 1. The van der Waals surface area contributed by atoms with Gasteiger partial charge in [0.05, 0.1) is 0 Å². The first-order valence-corrected chi connectivity index (χ1v) is 11.2. The smallest absolute Gasteiger partial charge is 0.191 e. The number of nitrogens with zero attached hydrogens (tertiary/aromatic N) is 2. The Bertz CT molecular complexity index is 740. The fourth-order valence-electron chi connectivity index (χ4n) is 3.92. The molecule has 154 valence electrons. The third kappa shape index (κ3) is 5.93. The summed E-state index contributed by atoms with van der Waals surface area (Å²) in [5.74, 6) is 2.14. The van der Waals surface area contributed by atoms with Gasteiger partial charge in [-0.05, 0) is 48.7 Å². The Kier molecular flexibility index (Phi) is 7.71. The van der Waals surface area contributed by atoms with Crippen molar-refractivity contribution in [3.8, 4) is 0 Å². The van der Waals surface area contributed by atoms with Gasteiger partial charge in [-0.25, -0.2) is 0 Å². The molecule has 2 atom stereocenters. The zero-order valence-corrected chi connectivity index (χ0v) is 18.1. The minimum absolute atomic E-state index is 0.455. The van der Waals surface area contributed by atoms with Crippen LogP contribution in [0.25, 0.3) is 10.1 Å². The molecule has 0 saturated carbocycles. The van der Waals surface area contributed by atoms with E-state index in [1.807, 2.05) is 12.1 Å². The van der Waals surface area contributed by atoms with Crippen molar-refractivity contribution in [1.29, 1.82) is 0 Å². The van der Waals surface area contributed by atoms with Crippen LogP contribution < -0.4 is 10.6 Å². The Labute approximate surface area is 172 Å². The third-order valence-electron chi connectivity index (χ3n) is 5.24. The molecule has 1 fully saturated rings. The van der Waals surface area contributed by atoms with Crippen molar-refractivity contribution in [3.63, 3.8) is 0 Å². The highest BCUT2D eigenvalue weighted by Gasteiger charge is 2.20. The number of guanidine groups is 1. The Morgan fingerprint density at radius 3 is 2.89 bits per heavy atom. The summed E-state index contributed by atoms with van der Waals surface area (Å²) in [6.07, 6.45) is 2.01. The highest BCUT2D eigenvalue weighted by atomic mass is 32.1. The van der Waals surface area contributed by atoms with Gasteiger partial charge in [0.2, 0.25) is 0 Å². The lowest BCUT2D eigenvalue weighted by Gasteiger charge is -2.34. The van der Waals surface area contributed by atoms with E-state index in [9.17, 15) is 5.11 Å². The lowest BCUT2D eigenvalue weighted by atomic mass is 9.97. The van der Waals surface area contributed by atoms with E-state index in [-0.39, 0.29) is 0 Å². The maximum absolute atomic E-state index is 10.6. The standard InChI is InChI=1S/C22H34N4OS/c1-16(2)14-26-10-6-7-17(15-26)12-24-22(23-3)25-13-19(27)21-11-18-8-4-5-9-20(18)28-21/h4-5,8-9,11,16-17,19,27H,6-7,10,12-15H2,1-3H3,(H2,23,24,25). The van der Waals surface area contributed by atoms with Crippen LogP contribution in [0, 0.1) is 11.8 Å². The van der Waals surface area contributed by atoms with Crippen molar-refractivity contribution in [3.05, 3.63) is 35.2 Å².